The highest BCUT2D eigenvalue weighted by atomic mass is 32.2. The number of nitrogens with one attached hydrogen (secondary N) is 1. The van der Waals surface area contributed by atoms with E-state index >= 15 is 0 Å². The Morgan fingerprint density at radius 1 is 0.933 bits per heavy atom. The van der Waals surface area contributed by atoms with E-state index in [1.54, 1.807) is 18.2 Å². The van der Waals surface area contributed by atoms with E-state index in [0.29, 0.717) is 17.8 Å². The maximum Gasteiger partial charge on any atom is 0.265 e. The molecule has 0 unspecified atom stereocenters. The van der Waals surface area contributed by atoms with E-state index in [1.165, 1.54) is 4.31 Å². The first kappa shape index (κ1) is 20.2. The highest BCUT2D eigenvalue weighted by Crippen LogP contribution is 2.43. The number of anilines is 1. The Balaban J connectivity index is 1.64. The fourth-order valence-electron chi connectivity index (χ4n) is 3.66. The second-order valence-corrected chi connectivity index (χ2v) is 9.31. The minimum atomic E-state index is -3.83. The van der Waals surface area contributed by atoms with Crippen molar-refractivity contribution in [2.75, 3.05) is 10.8 Å². The van der Waals surface area contributed by atoms with Crippen molar-refractivity contribution < 1.29 is 13.2 Å². The molecular formula is C24H24N2O3S. The lowest BCUT2D eigenvalue weighted by atomic mass is 9.99. The lowest BCUT2D eigenvalue weighted by molar-refractivity contribution is -0.119. The van der Waals surface area contributed by atoms with Crippen molar-refractivity contribution in [1.82, 2.24) is 5.32 Å². The molecule has 0 radical (unpaired) electrons. The number of sulfonamides is 1. The zero-order chi connectivity index (χ0) is 21.3. The number of nitrogens with zero attached hydrogens (tertiary/aromatic N) is 1. The van der Waals surface area contributed by atoms with Crippen LogP contribution in [0.5, 0.6) is 0 Å². The molecule has 6 heteroatoms. The van der Waals surface area contributed by atoms with Gasteiger partial charge in [-0.2, -0.15) is 0 Å². The Kier molecular flexibility index (Phi) is 5.35. The Hall–Kier alpha value is -3.12. The molecule has 1 heterocycles. The normalized spacial score (nSPS) is 14.0. The Morgan fingerprint density at radius 2 is 1.63 bits per heavy atom. The van der Waals surface area contributed by atoms with Crippen LogP contribution in [0.2, 0.25) is 0 Å². The molecule has 1 N–H and O–H groups in total. The van der Waals surface area contributed by atoms with Gasteiger partial charge in [0, 0.05) is 17.7 Å². The molecule has 0 aliphatic carbocycles. The molecule has 5 nitrogen and oxygen atoms in total. The van der Waals surface area contributed by atoms with Crippen molar-refractivity contribution in [3.05, 3.63) is 83.4 Å². The highest BCUT2D eigenvalue weighted by molar-refractivity contribution is 7.93. The Labute approximate surface area is 177 Å². The molecule has 0 bridgehead atoms. The second-order valence-electron chi connectivity index (χ2n) is 7.48. The maximum atomic E-state index is 13.3. The average Bonchev–Trinajstić information content (AvgIpc) is 2.76. The van der Waals surface area contributed by atoms with Crippen LogP contribution in [0.3, 0.4) is 0 Å². The maximum absolute atomic E-state index is 13.3. The van der Waals surface area contributed by atoms with E-state index in [0.717, 1.165) is 28.7 Å². The molecule has 3 aromatic rings. The monoisotopic (exact) mass is 420 g/mol. The van der Waals surface area contributed by atoms with Crippen LogP contribution >= 0.6 is 0 Å². The first-order chi connectivity index (χ1) is 14.4. The number of amides is 1. The molecule has 4 rings (SSSR count). The van der Waals surface area contributed by atoms with Crippen molar-refractivity contribution in [3.8, 4) is 11.1 Å². The number of carbonyl (C=O) groups is 1. The predicted molar refractivity (Wildman–Crippen MR) is 119 cm³/mol. The smallest absolute Gasteiger partial charge is 0.265 e. The summed E-state index contributed by atoms with van der Waals surface area (Å²) in [5.74, 6) is -0.343. The summed E-state index contributed by atoms with van der Waals surface area (Å²) in [4.78, 5) is 12.9. The van der Waals surface area contributed by atoms with Gasteiger partial charge in [0.25, 0.3) is 10.0 Å². The van der Waals surface area contributed by atoms with Gasteiger partial charge in [-0.05, 0) is 42.7 Å². The predicted octanol–water partition coefficient (Wildman–Crippen LogP) is 4.05. The van der Waals surface area contributed by atoms with Crippen molar-refractivity contribution in [1.29, 1.82) is 0 Å². The van der Waals surface area contributed by atoms with Crippen LogP contribution in [0.4, 0.5) is 5.69 Å². The van der Waals surface area contributed by atoms with Gasteiger partial charge in [0.15, 0.2) is 0 Å². The van der Waals surface area contributed by atoms with E-state index in [9.17, 15) is 13.2 Å². The summed E-state index contributed by atoms with van der Waals surface area (Å²) >= 11 is 0. The van der Waals surface area contributed by atoms with Crippen molar-refractivity contribution in [2.24, 2.45) is 0 Å². The van der Waals surface area contributed by atoms with E-state index in [4.69, 9.17) is 0 Å². The zero-order valence-electron chi connectivity index (χ0n) is 17.1. The number of fused-ring (bicyclic) bond motifs is 3. The molecule has 0 saturated carbocycles. The van der Waals surface area contributed by atoms with Gasteiger partial charge in [-0.3, -0.25) is 9.10 Å². The molecule has 1 amide bonds. The lowest BCUT2D eigenvalue weighted by Gasteiger charge is -2.32. The van der Waals surface area contributed by atoms with Gasteiger partial charge in [-0.15, -0.1) is 0 Å². The first-order valence-corrected chi connectivity index (χ1v) is 11.4. The van der Waals surface area contributed by atoms with E-state index in [-0.39, 0.29) is 17.3 Å². The summed E-state index contributed by atoms with van der Waals surface area (Å²) in [5.41, 5.74) is 5.29. The van der Waals surface area contributed by atoms with Crippen LogP contribution in [0.15, 0.2) is 71.6 Å². The number of hydrogen-bond donors (Lipinski definition) is 1. The third-order valence-electron chi connectivity index (χ3n) is 5.38. The van der Waals surface area contributed by atoms with E-state index in [2.05, 4.69) is 12.2 Å². The quantitative estimate of drug-likeness (QED) is 0.677. The second kappa shape index (κ2) is 7.95. The Morgan fingerprint density at radius 3 is 2.37 bits per heavy atom. The summed E-state index contributed by atoms with van der Waals surface area (Å²) in [6, 6.07) is 20.6. The van der Waals surface area contributed by atoms with Gasteiger partial charge in [0.2, 0.25) is 5.91 Å². The molecule has 3 aromatic carbocycles. The van der Waals surface area contributed by atoms with Gasteiger partial charge in [-0.25, -0.2) is 8.42 Å². The minimum Gasteiger partial charge on any atom is -0.350 e. The molecule has 0 saturated heterocycles. The van der Waals surface area contributed by atoms with Crippen LogP contribution in [0, 0.1) is 6.92 Å². The molecule has 0 fully saturated rings. The fourth-order valence-corrected chi connectivity index (χ4v) is 5.31. The molecule has 1 aliphatic rings. The first-order valence-electron chi connectivity index (χ1n) is 9.97. The zero-order valence-corrected chi connectivity index (χ0v) is 17.9. The fraction of sp³-hybridized carbons (Fsp3) is 0.208. The van der Waals surface area contributed by atoms with Crippen LogP contribution in [0.1, 0.15) is 23.6 Å². The summed E-state index contributed by atoms with van der Waals surface area (Å²) < 4.78 is 27.8. The summed E-state index contributed by atoms with van der Waals surface area (Å²) in [5, 5.41) is 2.84. The lowest BCUT2D eigenvalue weighted by Crippen LogP contribution is -2.42. The third-order valence-corrected chi connectivity index (χ3v) is 7.20. The number of carbonyl (C=O) groups excluding carboxylic acids is 1. The molecule has 154 valence electrons. The van der Waals surface area contributed by atoms with Gasteiger partial charge in [0.05, 0.1) is 10.6 Å². The molecule has 0 aromatic heterocycles. The van der Waals surface area contributed by atoms with Crippen LogP contribution in [0.25, 0.3) is 11.1 Å². The molecule has 0 spiro atoms. The topological polar surface area (TPSA) is 66.5 Å². The summed E-state index contributed by atoms with van der Waals surface area (Å²) in [6.45, 7) is 4.15. The Bertz CT molecular complexity index is 1200. The van der Waals surface area contributed by atoms with Crippen LogP contribution in [-0.2, 0) is 27.8 Å². The number of benzene rings is 3. The van der Waals surface area contributed by atoms with Crippen LogP contribution in [-0.4, -0.2) is 20.9 Å². The van der Waals surface area contributed by atoms with Gasteiger partial charge >= 0.3 is 0 Å². The molecule has 30 heavy (non-hydrogen) atoms. The number of rotatable bonds is 5. The number of hydrogen-bond acceptors (Lipinski definition) is 3. The average molecular weight is 421 g/mol. The largest absolute Gasteiger partial charge is 0.350 e. The molecule has 1 aliphatic heterocycles. The van der Waals surface area contributed by atoms with Crippen molar-refractivity contribution in [2.45, 2.75) is 31.7 Å². The van der Waals surface area contributed by atoms with Crippen molar-refractivity contribution in [3.63, 3.8) is 0 Å². The molecule has 0 atom stereocenters. The highest BCUT2D eigenvalue weighted by Gasteiger charge is 2.35. The molecular weight excluding hydrogens is 396 g/mol. The SMILES string of the molecule is CCc1ccc2c(c1)-c1ccccc1S(=O)(=O)N2CC(=O)NCc1ccc(C)cc1. The third kappa shape index (κ3) is 3.71. The number of aryl methyl sites for hydroxylation is 2. The summed E-state index contributed by atoms with van der Waals surface area (Å²) in [6.07, 6.45) is 0.846. The van der Waals surface area contributed by atoms with Crippen molar-refractivity contribution >= 4 is 21.6 Å². The van der Waals surface area contributed by atoms with Gasteiger partial charge in [-0.1, -0.05) is 61.0 Å². The summed E-state index contributed by atoms with van der Waals surface area (Å²) in [7, 11) is -3.83. The van der Waals surface area contributed by atoms with Gasteiger partial charge < -0.3 is 5.32 Å². The van der Waals surface area contributed by atoms with E-state index < -0.39 is 10.0 Å². The van der Waals surface area contributed by atoms with Gasteiger partial charge in [0.1, 0.15) is 6.54 Å². The van der Waals surface area contributed by atoms with E-state index in [1.807, 2.05) is 55.5 Å². The minimum absolute atomic E-state index is 0.233. The van der Waals surface area contributed by atoms with Crippen LogP contribution < -0.4 is 9.62 Å². The standard InChI is InChI=1S/C24H24N2O3S/c1-3-18-12-13-22-21(14-18)20-6-4-5-7-23(20)30(28,29)26(22)16-24(27)25-15-19-10-8-17(2)9-11-19/h4-14H,3,15-16H2,1-2H3,(H,25,27).